The Balaban J connectivity index is 2.89. The van der Waals surface area contributed by atoms with Crippen molar-refractivity contribution in [3.8, 4) is 5.75 Å². The molecule has 0 aliphatic heterocycles. The van der Waals surface area contributed by atoms with E-state index in [0.717, 1.165) is 11.3 Å². The van der Waals surface area contributed by atoms with Gasteiger partial charge in [-0.25, -0.2) is 0 Å². The van der Waals surface area contributed by atoms with Gasteiger partial charge in [0.15, 0.2) is 0 Å². The number of carbonyl (C=O) groups is 1. The molecule has 0 saturated carbocycles. The van der Waals surface area contributed by atoms with Crippen LogP contribution in [0, 0.1) is 0 Å². The summed E-state index contributed by atoms with van der Waals surface area (Å²) in [4.78, 5) is 11.0. The Morgan fingerprint density at radius 2 is 2.07 bits per heavy atom. The molecule has 0 aliphatic rings. The minimum atomic E-state index is -0.428. The molecule has 3 nitrogen and oxygen atoms in total. The van der Waals surface area contributed by atoms with Crippen LogP contribution in [-0.2, 0) is 4.79 Å². The lowest BCUT2D eigenvalue weighted by molar-refractivity contribution is -0.119. The highest BCUT2D eigenvalue weighted by molar-refractivity contribution is 6.20. The third-order valence-electron chi connectivity index (χ3n) is 2.02. The van der Waals surface area contributed by atoms with Crippen molar-refractivity contribution < 1.29 is 9.53 Å². The molecule has 4 heteroatoms. The van der Waals surface area contributed by atoms with Crippen LogP contribution in [0.3, 0.4) is 0 Å². The molecule has 1 unspecified atom stereocenters. The molecule has 1 amide bonds. The molecule has 0 fully saturated rings. The number of amides is 1. The van der Waals surface area contributed by atoms with Gasteiger partial charge in [0.25, 0.3) is 0 Å². The van der Waals surface area contributed by atoms with Gasteiger partial charge in [-0.15, -0.1) is 11.6 Å². The Morgan fingerprint density at radius 3 is 2.43 bits per heavy atom. The first kappa shape index (κ1) is 10.9. The predicted octanol–water partition coefficient (Wildman–Crippen LogP) is 1.50. The fourth-order valence-electron chi connectivity index (χ4n) is 1.17. The molecule has 0 aliphatic carbocycles. The number of benzene rings is 1. The SMILES string of the molecule is COc1ccc(C(CCl)C(N)=O)cc1. The molecule has 0 aromatic heterocycles. The van der Waals surface area contributed by atoms with E-state index >= 15 is 0 Å². The van der Waals surface area contributed by atoms with Crippen LogP contribution in [0.25, 0.3) is 0 Å². The van der Waals surface area contributed by atoms with Crippen LogP contribution in [0.5, 0.6) is 5.75 Å². The molecule has 1 aromatic rings. The van der Waals surface area contributed by atoms with E-state index in [2.05, 4.69) is 0 Å². The summed E-state index contributed by atoms with van der Waals surface area (Å²) in [7, 11) is 1.59. The quantitative estimate of drug-likeness (QED) is 0.771. The van der Waals surface area contributed by atoms with Crippen molar-refractivity contribution >= 4 is 17.5 Å². The maximum Gasteiger partial charge on any atom is 0.226 e. The van der Waals surface area contributed by atoms with Gasteiger partial charge in [-0.3, -0.25) is 4.79 Å². The molecular formula is C10H12ClNO2. The highest BCUT2D eigenvalue weighted by Gasteiger charge is 2.15. The number of alkyl halides is 1. The van der Waals surface area contributed by atoms with Gasteiger partial charge < -0.3 is 10.5 Å². The number of carbonyl (C=O) groups excluding carboxylic acids is 1. The van der Waals surface area contributed by atoms with Crippen molar-refractivity contribution in [1.29, 1.82) is 0 Å². The van der Waals surface area contributed by atoms with E-state index in [-0.39, 0.29) is 5.88 Å². The molecule has 0 radical (unpaired) electrons. The maximum atomic E-state index is 11.0. The highest BCUT2D eigenvalue weighted by atomic mass is 35.5. The second-order valence-corrected chi connectivity index (χ2v) is 3.19. The summed E-state index contributed by atoms with van der Waals surface area (Å²) in [5.41, 5.74) is 6.01. The van der Waals surface area contributed by atoms with E-state index in [4.69, 9.17) is 22.1 Å². The van der Waals surface area contributed by atoms with E-state index in [9.17, 15) is 4.79 Å². The summed E-state index contributed by atoms with van der Waals surface area (Å²) < 4.78 is 4.99. The first-order valence-electron chi connectivity index (χ1n) is 4.18. The zero-order chi connectivity index (χ0) is 10.6. The van der Waals surface area contributed by atoms with Gasteiger partial charge in [0, 0.05) is 5.88 Å². The summed E-state index contributed by atoms with van der Waals surface area (Å²) in [6.45, 7) is 0. The lowest BCUT2D eigenvalue weighted by Crippen LogP contribution is -2.22. The molecule has 2 N–H and O–H groups in total. The molecule has 1 atom stereocenters. The predicted molar refractivity (Wildman–Crippen MR) is 55.6 cm³/mol. The molecular weight excluding hydrogens is 202 g/mol. The molecule has 0 spiro atoms. The van der Waals surface area contributed by atoms with Crippen molar-refractivity contribution in [2.75, 3.05) is 13.0 Å². The van der Waals surface area contributed by atoms with Crippen molar-refractivity contribution in [3.05, 3.63) is 29.8 Å². The normalized spacial score (nSPS) is 12.1. The van der Waals surface area contributed by atoms with Crippen molar-refractivity contribution in [2.45, 2.75) is 5.92 Å². The molecule has 1 aromatic carbocycles. The fourth-order valence-corrected chi connectivity index (χ4v) is 1.50. The lowest BCUT2D eigenvalue weighted by Gasteiger charge is -2.10. The molecule has 1 rings (SSSR count). The van der Waals surface area contributed by atoms with Crippen LogP contribution < -0.4 is 10.5 Å². The van der Waals surface area contributed by atoms with E-state index in [0.29, 0.717) is 0 Å². The van der Waals surface area contributed by atoms with Crippen LogP contribution >= 0.6 is 11.6 Å². The molecule has 76 valence electrons. The highest BCUT2D eigenvalue weighted by Crippen LogP contribution is 2.20. The smallest absolute Gasteiger partial charge is 0.226 e. The van der Waals surface area contributed by atoms with Crippen LogP contribution in [0.15, 0.2) is 24.3 Å². The lowest BCUT2D eigenvalue weighted by atomic mass is 10.0. The number of hydrogen-bond donors (Lipinski definition) is 1. The Labute approximate surface area is 87.8 Å². The summed E-state index contributed by atoms with van der Waals surface area (Å²) in [6, 6.07) is 7.13. The van der Waals surface area contributed by atoms with Crippen LogP contribution in [0.4, 0.5) is 0 Å². The third-order valence-corrected chi connectivity index (χ3v) is 2.32. The first-order chi connectivity index (χ1) is 6.69. The van der Waals surface area contributed by atoms with Gasteiger partial charge in [-0.05, 0) is 17.7 Å². The van der Waals surface area contributed by atoms with Crippen LogP contribution in [-0.4, -0.2) is 18.9 Å². The van der Waals surface area contributed by atoms with E-state index in [1.165, 1.54) is 0 Å². The monoisotopic (exact) mass is 213 g/mol. The average Bonchev–Trinajstić information content (AvgIpc) is 2.19. The Kier molecular flexibility index (Phi) is 3.77. The number of halogens is 1. The second kappa shape index (κ2) is 4.86. The zero-order valence-corrected chi connectivity index (χ0v) is 8.62. The van der Waals surface area contributed by atoms with Crippen LogP contribution in [0.2, 0.25) is 0 Å². The largest absolute Gasteiger partial charge is 0.497 e. The summed E-state index contributed by atoms with van der Waals surface area (Å²) >= 11 is 5.64. The van der Waals surface area contributed by atoms with Crippen molar-refractivity contribution in [3.63, 3.8) is 0 Å². The van der Waals surface area contributed by atoms with Gasteiger partial charge in [-0.2, -0.15) is 0 Å². The molecule has 0 bridgehead atoms. The van der Waals surface area contributed by atoms with Gasteiger partial charge in [-0.1, -0.05) is 12.1 Å². The van der Waals surface area contributed by atoms with Gasteiger partial charge in [0.05, 0.1) is 13.0 Å². The van der Waals surface area contributed by atoms with E-state index in [1.54, 1.807) is 31.4 Å². The van der Waals surface area contributed by atoms with Crippen molar-refractivity contribution in [2.24, 2.45) is 5.73 Å². The minimum absolute atomic E-state index is 0.196. The molecule has 14 heavy (non-hydrogen) atoms. The third kappa shape index (κ3) is 2.39. The second-order valence-electron chi connectivity index (χ2n) is 2.88. The number of methoxy groups -OCH3 is 1. The first-order valence-corrected chi connectivity index (χ1v) is 4.71. The van der Waals surface area contributed by atoms with E-state index in [1.807, 2.05) is 0 Å². The van der Waals surface area contributed by atoms with Crippen molar-refractivity contribution in [1.82, 2.24) is 0 Å². The minimum Gasteiger partial charge on any atom is -0.497 e. The number of primary amides is 1. The summed E-state index contributed by atoms with van der Waals surface area (Å²) in [6.07, 6.45) is 0. The van der Waals surface area contributed by atoms with E-state index < -0.39 is 11.8 Å². The standard InChI is InChI=1S/C10H12ClNO2/c1-14-8-4-2-7(3-5-8)9(6-11)10(12)13/h2-5,9H,6H2,1H3,(H2,12,13). The number of rotatable bonds is 4. The molecule has 0 saturated heterocycles. The number of nitrogens with two attached hydrogens (primary N) is 1. The topological polar surface area (TPSA) is 52.3 Å². The maximum absolute atomic E-state index is 11.0. The van der Waals surface area contributed by atoms with Gasteiger partial charge in [0.2, 0.25) is 5.91 Å². The number of hydrogen-bond acceptors (Lipinski definition) is 2. The summed E-state index contributed by atoms with van der Waals surface area (Å²) in [5, 5.41) is 0. The van der Waals surface area contributed by atoms with Gasteiger partial charge in [0.1, 0.15) is 5.75 Å². The Hall–Kier alpha value is -1.22. The number of ether oxygens (including phenoxy) is 1. The fraction of sp³-hybridized carbons (Fsp3) is 0.300. The Morgan fingerprint density at radius 1 is 1.50 bits per heavy atom. The zero-order valence-electron chi connectivity index (χ0n) is 7.87. The van der Waals surface area contributed by atoms with Gasteiger partial charge >= 0.3 is 0 Å². The Bertz CT molecular complexity index is 310. The van der Waals surface area contributed by atoms with Crippen LogP contribution in [0.1, 0.15) is 11.5 Å². The molecule has 0 heterocycles. The summed E-state index contributed by atoms with van der Waals surface area (Å²) in [5.74, 6) is 0.0982. The average molecular weight is 214 g/mol.